The molecule has 3 aromatic rings. The number of methoxy groups -OCH3 is 1. The number of pyridine rings is 1. The summed E-state index contributed by atoms with van der Waals surface area (Å²) in [6.07, 6.45) is 0. The number of rotatable bonds is 6. The Morgan fingerprint density at radius 2 is 1.85 bits per heavy atom. The number of carbonyl (C=O) groups excluding carboxylic acids is 1. The summed E-state index contributed by atoms with van der Waals surface area (Å²) >= 11 is 3.47. The van der Waals surface area contributed by atoms with Gasteiger partial charge in [-0.3, -0.25) is 9.78 Å². The van der Waals surface area contributed by atoms with Crippen molar-refractivity contribution in [3.8, 4) is 11.3 Å². The number of benzene rings is 2. The number of hydrogen-bond donors (Lipinski definition) is 1. The summed E-state index contributed by atoms with van der Waals surface area (Å²) in [5.74, 6) is -0.131. The van der Waals surface area contributed by atoms with Gasteiger partial charge in [0.1, 0.15) is 0 Å². The standard InChI is InChI=1S/C22H21BrN2O2/c1-15-20(10-11-21(25-15)16-8-5-9-19(23)12-16)22(26)24-13-17-6-3-4-7-18(17)14-27-2/h3-12H,13-14H2,1-2H3,(H,24,26). The number of nitrogens with one attached hydrogen (secondary N) is 1. The van der Waals surface area contributed by atoms with E-state index in [1.165, 1.54) is 0 Å². The van der Waals surface area contributed by atoms with Gasteiger partial charge >= 0.3 is 0 Å². The first-order valence-electron chi connectivity index (χ1n) is 8.66. The molecule has 0 saturated heterocycles. The molecule has 0 aliphatic carbocycles. The highest BCUT2D eigenvalue weighted by Crippen LogP contribution is 2.22. The summed E-state index contributed by atoms with van der Waals surface area (Å²) < 4.78 is 6.21. The van der Waals surface area contributed by atoms with Crippen LogP contribution in [-0.2, 0) is 17.9 Å². The average Bonchev–Trinajstić information content (AvgIpc) is 2.67. The van der Waals surface area contributed by atoms with E-state index in [9.17, 15) is 4.79 Å². The molecule has 0 atom stereocenters. The average molecular weight is 425 g/mol. The Morgan fingerprint density at radius 3 is 2.56 bits per heavy atom. The van der Waals surface area contributed by atoms with Crippen molar-refractivity contribution in [3.05, 3.63) is 87.5 Å². The summed E-state index contributed by atoms with van der Waals surface area (Å²) in [4.78, 5) is 17.2. The summed E-state index contributed by atoms with van der Waals surface area (Å²) in [7, 11) is 1.66. The van der Waals surface area contributed by atoms with Gasteiger partial charge in [-0.1, -0.05) is 52.3 Å². The summed E-state index contributed by atoms with van der Waals surface area (Å²) in [6, 6.07) is 19.6. The minimum Gasteiger partial charge on any atom is -0.380 e. The molecule has 0 unspecified atom stereocenters. The van der Waals surface area contributed by atoms with Crippen LogP contribution in [0.3, 0.4) is 0 Å². The molecule has 27 heavy (non-hydrogen) atoms. The van der Waals surface area contributed by atoms with Crippen molar-refractivity contribution in [2.24, 2.45) is 0 Å². The molecule has 0 spiro atoms. The minimum atomic E-state index is -0.131. The number of ether oxygens (including phenoxy) is 1. The Hall–Kier alpha value is -2.50. The van der Waals surface area contributed by atoms with Crippen molar-refractivity contribution in [2.75, 3.05) is 7.11 Å². The molecule has 0 aliphatic rings. The number of aryl methyl sites for hydroxylation is 1. The molecule has 0 aliphatic heterocycles. The van der Waals surface area contributed by atoms with Gasteiger partial charge in [0.15, 0.2) is 0 Å². The van der Waals surface area contributed by atoms with Crippen LogP contribution >= 0.6 is 15.9 Å². The van der Waals surface area contributed by atoms with E-state index < -0.39 is 0 Å². The van der Waals surface area contributed by atoms with Gasteiger partial charge in [-0.2, -0.15) is 0 Å². The monoisotopic (exact) mass is 424 g/mol. The van der Waals surface area contributed by atoms with Crippen molar-refractivity contribution in [1.29, 1.82) is 0 Å². The molecule has 0 bridgehead atoms. The second-order valence-corrected chi connectivity index (χ2v) is 7.14. The fourth-order valence-electron chi connectivity index (χ4n) is 2.91. The van der Waals surface area contributed by atoms with Gasteiger partial charge < -0.3 is 10.1 Å². The van der Waals surface area contributed by atoms with Crippen LogP contribution in [0.2, 0.25) is 0 Å². The highest BCUT2D eigenvalue weighted by molar-refractivity contribution is 9.10. The quantitative estimate of drug-likeness (QED) is 0.612. The molecule has 0 radical (unpaired) electrons. The summed E-state index contributed by atoms with van der Waals surface area (Å²) in [5, 5.41) is 2.98. The minimum absolute atomic E-state index is 0.131. The lowest BCUT2D eigenvalue weighted by atomic mass is 10.1. The number of nitrogens with zero attached hydrogens (tertiary/aromatic N) is 1. The van der Waals surface area contributed by atoms with Gasteiger partial charge in [0.25, 0.3) is 5.91 Å². The molecule has 5 heteroatoms. The SMILES string of the molecule is COCc1ccccc1CNC(=O)c1ccc(-c2cccc(Br)c2)nc1C. The van der Waals surface area contributed by atoms with Crippen LogP contribution in [0.4, 0.5) is 0 Å². The van der Waals surface area contributed by atoms with E-state index in [0.717, 1.165) is 26.9 Å². The Balaban J connectivity index is 1.74. The fourth-order valence-corrected chi connectivity index (χ4v) is 3.31. The highest BCUT2D eigenvalue weighted by Gasteiger charge is 2.12. The van der Waals surface area contributed by atoms with Crippen molar-refractivity contribution < 1.29 is 9.53 Å². The number of hydrogen-bond acceptors (Lipinski definition) is 3. The molecule has 1 aromatic heterocycles. The Labute approximate surface area is 167 Å². The van der Waals surface area contributed by atoms with Crippen molar-refractivity contribution in [2.45, 2.75) is 20.1 Å². The molecule has 138 valence electrons. The van der Waals surface area contributed by atoms with Gasteiger partial charge in [0, 0.05) is 23.7 Å². The molecule has 0 fully saturated rings. The molecular formula is C22H21BrN2O2. The molecule has 4 nitrogen and oxygen atoms in total. The number of aromatic nitrogens is 1. The summed E-state index contributed by atoms with van der Waals surface area (Å²) in [5.41, 5.74) is 5.25. The van der Waals surface area contributed by atoms with E-state index in [-0.39, 0.29) is 5.91 Å². The zero-order valence-electron chi connectivity index (χ0n) is 15.3. The van der Waals surface area contributed by atoms with E-state index in [1.807, 2.05) is 67.6 Å². The van der Waals surface area contributed by atoms with Gasteiger partial charge in [-0.15, -0.1) is 0 Å². The predicted molar refractivity (Wildman–Crippen MR) is 110 cm³/mol. The first kappa shape index (κ1) is 19.3. The molecule has 1 heterocycles. The van der Waals surface area contributed by atoms with Crippen molar-refractivity contribution in [3.63, 3.8) is 0 Å². The second-order valence-electron chi connectivity index (χ2n) is 6.22. The third kappa shape index (κ3) is 4.81. The second kappa shape index (κ2) is 8.93. The Bertz CT molecular complexity index is 957. The van der Waals surface area contributed by atoms with Gasteiger partial charge in [0.2, 0.25) is 0 Å². The van der Waals surface area contributed by atoms with Gasteiger partial charge in [-0.05, 0) is 42.3 Å². The smallest absolute Gasteiger partial charge is 0.253 e. The van der Waals surface area contributed by atoms with E-state index >= 15 is 0 Å². The van der Waals surface area contributed by atoms with Crippen molar-refractivity contribution in [1.82, 2.24) is 10.3 Å². The Morgan fingerprint density at radius 1 is 1.07 bits per heavy atom. The zero-order valence-corrected chi connectivity index (χ0v) is 16.9. The largest absolute Gasteiger partial charge is 0.380 e. The van der Waals surface area contributed by atoms with Gasteiger partial charge in [-0.25, -0.2) is 0 Å². The van der Waals surface area contributed by atoms with Crippen LogP contribution in [-0.4, -0.2) is 18.0 Å². The molecule has 2 aromatic carbocycles. The normalized spacial score (nSPS) is 10.6. The Kier molecular flexibility index (Phi) is 6.37. The molecule has 0 saturated carbocycles. The molecule has 3 rings (SSSR count). The van der Waals surface area contributed by atoms with Gasteiger partial charge in [0.05, 0.1) is 23.6 Å². The lowest BCUT2D eigenvalue weighted by Crippen LogP contribution is -2.24. The maximum atomic E-state index is 12.6. The third-order valence-electron chi connectivity index (χ3n) is 4.31. The van der Waals surface area contributed by atoms with E-state index in [1.54, 1.807) is 7.11 Å². The number of amides is 1. The number of halogens is 1. The van der Waals surface area contributed by atoms with Crippen molar-refractivity contribution >= 4 is 21.8 Å². The van der Waals surface area contributed by atoms with Crippen LogP contribution in [0.5, 0.6) is 0 Å². The maximum absolute atomic E-state index is 12.6. The van der Waals surface area contributed by atoms with Crippen LogP contribution in [0.15, 0.2) is 65.1 Å². The zero-order chi connectivity index (χ0) is 19.2. The fraction of sp³-hybridized carbons (Fsp3) is 0.182. The van der Waals surface area contributed by atoms with E-state index in [0.29, 0.717) is 24.4 Å². The highest BCUT2D eigenvalue weighted by atomic mass is 79.9. The molecular weight excluding hydrogens is 404 g/mol. The summed E-state index contributed by atoms with van der Waals surface area (Å²) in [6.45, 7) is 2.83. The first-order chi connectivity index (χ1) is 13.1. The first-order valence-corrected chi connectivity index (χ1v) is 9.45. The van der Waals surface area contributed by atoms with Crippen LogP contribution in [0, 0.1) is 6.92 Å². The molecule has 1 N–H and O–H groups in total. The maximum Gasteiger partial charge on any atom is 0.253 e. The predicted octanol–water partition coefficient (Wildman–Crippen LogP) is 4.90. The number of carbonyl (C=O) groups is 1. The molecule has 1 amide bonds. The van der Waals surface area contributed by atoms with E-state index in [4.69, 9.17) is 4.74 Å². The van der Waals surface area contributed by atoms with E-state index in [2.05, 4.69) is 26.2 Å². The van der Waals surface area contributed by atoms with Crippen LogP contribution in [0.25, 0.3) is 11.3 Å². The lowest BCUT2D eigenvalue weighted by molar-refractivity contribution is 0.0949. The topological polar surface area (TPSA) is 51.2 Å². The lowest BCUT2D eigenvalue weighted by Gasteiger charge is -2.12. The van der Waals surface area contributed by atoms with Crippen LogP contribution in [0.1, 0.15) is 27.2 Å². The third-order valence-corrected chi connectivity index (χ3v) is 4.80. The van der Waals surface area contributed by atoms with Crippen LogP contribution < -0.4 is 5.32 Å².